The molecule has 19 heavy (non-hydrogen) atoms. The maximum absolute atomic E-state index is 12.3. The number of hydrogen-bond donors (Lipinski definition) is 1. The first kappa shape index (κ1) is 11.6. The standard InChI is InChI=1S/C15H10O4/c16-8-19-9-5-6-12-13(7-9)15(18)11-4-2-1-3-10(11)14(12)17/h1-7,16H,8H2. The minimum atomic E-state index is -0.475. The van der Waals surface area contributed by atoms with Gasteiger partial charge in [-0.05, 0) is 18.2 Å². The number of ketones is 2. The molecular formula is C15H10O4. The van der Waals surface area contributed by atoms with Gasteiger partial charge in [0.1, 0.15) is 5.75 Å². The van der Waals surface area contributed by atoms with E-state index in [9.17, 15) is 9.59 Å². The predicted molar refractivity (Wildman–Crippen MR) is 67.5 cm³/mol. The highest BCUT2D eigenvalue weighted by atomic mass is 16.6. The number of carbonyl (C=O) groups is 2. The fraction of sp³-hybridized carbons (Fsp3) is 0.0667. The highest BCUT2D eigenvalue weighted by molar-refractivity contribution is 6.28. The van der Waals surface area contributed by atoms with E-state index in [-0.39, 0.29) is 11.6 Å². The van der Waals surface area contributed by atoms with Crippen LogP contribution in [0.5, 0.6) is 5.75 Å². The van der Waals surface area contributed by atoms with Gasteiger partial charge in [-0.2, -0.15) is 0 Å². The number of carbonyl (C=O) groups excluding carboxylic acids is 2. The molecule has 2 aromatic carbocycles. The fourth-order valence-electron chi connectivity index (χ4n) is 2.24. The molecule has 0 fully saturated rings. The van der Waals surface area contributed by atoms with Gasteiger partial charge < -0.3 is 9.84 Å². The van der Waals surface area contributed by atoms with Crippen LogP contribution in [0.25, 0.3) is 0 Å². The number of aliphatic hydroxyl groups excluding tert-OH is 1. The summed E-state index contributed by atoms with van der Waals surface area (Å²) in [7, 11) is 0. The van der Waals surface area contributed by atoms with Gasteiger partial charge >= 0.3 is 0 Å². The molecule has 0 bridgehead atoms. The Hall–Kier alpha value is -2.46. The second-order valence-corrected chi connectivity index (χ2v) is 4.18. The van der Waals surface area contributed by atoms with Gasteiger partial charge in [0.15, 0.2) is 18.4 Å². The van der Waals surface area contributed by atoms with Crippen LogP contribution in [0.2, 0.25) is 0 Å². The van der Waals surface area contributed by atoms with Gasteiger partial charge in [0.25, 0.3) is 0 Å². The van der Waals surface area contributed by atoms with E-state index in [4.69, 9.17) is 9.84 Å². The molecular weight excluding hydrogens is 244 g/mol. The molecule has 0 atom stereocenters. The van der Waals surface area contributed by atoms with E-state index < -0.39 is 6.79 Å². The van der Waals surface area contributed by atoms with E-state index in [0.29, 0.717) is 28.0 Å². The average Bonchev–Trinajstić information content (AvgIpc) is 2.45. The minimum absolute atomic E-state index is 0.166. The Morgan fingerprint density at radius 1 is 0.842 bits per heavy atom. The Labute approximate surface area is 109 Å². The topological polar surface area (TPSA) is 63.6 Å². The van der Waals surface area contributed by atoms with Crippen LogP contribution < -0.4 is 4.74 Å². The summed E-state index contributed by atoms with van der Waals surface area (Å²) in [6.07, 6.45) is 0. The number of hydrogen-bond acceptors (Lipinski definition) is 4. The van der Waals surface area contributed by atoms with Crippen molar-refractivity contribution < 1.29 is 19.4 Å². The third-order valence-electron chi connectivity index (χ3n) is 3.13. The number of benzene rings is 2. The SMILES string of the molecule is O=C1c2ccccc2C(=O)c2cc(OCO)ccc21. The molecule has 0 saturated carbocycles. The molecule has 0 amide bonds. The monoisotopic (exact) mass is 254 g/mol. The van der Waals surface area contributed by atoms with Gasteiger partial charge in [0.2, 0.25) is 0 Å². The van der Waals surface area contributed by atoms with Gasteiger partial charge in [-0.15, -0.1) is 0 Å². The van der Waals surface area contributed by atoms with Crippen LogP contribution in [0, 0.1) is 0 Å². The molecule has 0 radical (unpaired) electrons. The Kier molecular flexibility index (Phi) is 2.65. The maximum atomic E-state index is 12.3. The zero-order chi connectivity index (χ0) is 13.4. The Balaban J connectivity index is 2.18. The lowest BCUT2D eigenvalue weighted by Gasteiger charge is -2.17. The van der Waals surface area contributed by atoms with Crippen LogP contribution in [0.15, 0.2) is 42.5 Å². The van der Waals surface area contributed by atoms with Crippen LogP contribution in [-0.4, -0.2) is 23.5 Å². The normalized spacial score (nSPS) is 12.9. The van der Waals surface area contributed by atoms with Crippen LogP contribution in [0.3, 0.4) is 0 Å². The summed E-state index contributed by atoms with van der Waals surface area (Å²) in [6, 6.07) is 11.3. The summed E-state index contributed by atoms with van der Waals surface area (Å²) in [5, 5.41) is 8.73. The molecule has 0 aromatic heterocycles. The van der Waals surface area contributed by atoms with E-state index in [1.165, 1.54) is 6.07 Å². The molecule has 1 aliphatic rings. The zero-order valence-electron chi connectivity index (χ0n) is 9.92. The van der Waals surface area contributed by atoms with Crippen LogP contribution in [-0.2, 0) is 0 Å². The first-order valence-electron chi connectivity index (χ1n) is 5.78. The summed E-state index contributed by atoms with van der Waals surface area (Å²) in [4.78, 5) is 24.6. The van der Waals surface area contributed by atoms with E-state index in [2.05, 4.69) is 0 Å². The van der Waals surface area contributed by atoms with Gasteiger partial charge in [-0.25, -0.2) is 0 Å². The Bertz CT molecular complexity index is 688. The quantitative estimate of drug-likeness (QED) is 0.708. The summed E-state index contributed by atoms with van der Waals surface area (Å²) in [5.41, 5.74) is 1.51. The van der Waals surface area contributed by atoms with Crippen LogP contribution in [0.4, 0.5) is 0 Å². The molecule has 1 aliphatic carbocycles. The molecule has 3 rings (SSSR count). The third-order valence-corrected chi connectivity index (χ3v) is 3.13. The first-order valence-corrected chi connectivity index (χ1v) is 5.78. The summed E-state index contributed by atoms with van der Waals surface area (Å²) < 4.78 is 4.94. The number of fused-ring (bicyclic) bond motifs is 2. The molecule has 2 aromatic rings. The van der Waals surface area contributed by atoms with Crippen molar-refractivity contribution in [2.75, 3.05) is 6.79 Å². The van der Waals surface area contributed by atoms with Crippen LogP contribution in [0.1, 0.15) is 31.8 Å². The Morgan fingerprint density at radius 3 is 2.05 bits per heavy atom. The minimum Gasteiger partial charge on any atom is -0.468 e. The summed E-state index contributed by atoms with van der Waals surface area (Å²) in [6.45, 7) is -0.475. The van der Waals surface area contributed by atoms with Crippen molar-refractivity contribution in [3.05, 3.63) is 64.7 Å². The smallest absolute Gasteiger partial charge is 0.194 e. The first-order chi connectivity index (χ1) is 9.22. The lowest BCUT2D eigenvalue weighted by atomic mass is 9.84. The second-order valence-electron chi connectivity index (χ2n) is 4.18. The van der Waals surface area contributed by atoms with Crippen molar-refractivity contribution >= 4 is 11.6 Å². The Morgan fingerprint density at radius 2 is 1.42 bits per heavy atom. The van der Waals surface area contributed by atoms with E-state index in [0.717, 1.165) is 0 Å². The molecule has 4 nitrogen and oxygen atoms in total. The fourth-order valence-corrected chi connectivity index (χ4v) is 2.24. The van der Waals surface area contributed by atoms with Crippen molar-refractivity contribution in [3.63, 3.8) is 0 Å². The molecule has 4 heteroatoms. The second kappa shape index (κ2) is 4.33. The van der Waals surface area contributed by atoms with Gasteiger partial charge in [-0.1, -0.05) is 24.3 Å². The molecule has 0 heterocycles. The molecule has 0 spiro atoms. The van der Waals surface area contributed by atoms with Gasteiger partial charge in [-0.3, -0.25) is 9.59 Å². The highest BCUT2D eigenvalue weighted by Crippen LogP contribution is 2.29. The molecule has 94 valence electrons. The maximum Gasteiger partial charge on any atom is 0.194 e. The summed E-state index contributed by atoms with van der Waals surface area (Å²) in [5.74, 6) is -0.00359. The van der Waals surface area contributed by atoms with E-state index in [1.807, 2.05) is 0 Å². The highest BCUT2D eigenvalue weighted by Gasteiger charge is 2.29. The lowest BCUT2D eigenvalue weighted by molar-refractivity contribution is 0.0958. The van der Waals surface area contributed by atoms with E-state index in [1.54, 1.807) is 36.4 Å². The lowest BCUT2D eigenvalue weighted by Crippen LogP contribution is -2.20. The number of ether oxygens (including phenoxy) is 1. The number of rotatable bonds is 2. The van der Waals surface area contributed by atoms with Crippen molar-refractivity contribution in [2.24, 2.45) is 0 Å². The summed E-state index contributed by atoms with van der Waals surface area (Å²) >= 11 is 0. The third kappa shape index (κ3) is 1.73. The van der Waals surface area contributed by atoms with Gasteiger partial charge in [0.05, 0.1) is 0 Å². The van der Waals surface area contributed by atoms with Crippen molar-refractivity contribution in [1.82, 2.24) is 0 Å². The largest absolute Gasteiger partial charge is 0.468 e. The van der Waals surface area contributed by atoms with Crippen LogP contribution >= 0.6 is 0 Å². The molecule has 0 saturated heterocycles. The van der Waals surface area contributed by atoms with Gasteiger partial charge in [0, 0.05) is 22.3 Å². The molecule has 1 N–H and O–H groups in total. The number of aliphatic hydroxyl groups is 1. The van der Waals surface area contributed by atoms with Crippen molar-refractivity contribution in [2.45, 2.75) is 0 Å². The zero-order valence-corrected chi connectivity index (χ0v) is 9.92. The van der Waals surface area contributed by atoms with Crippen molar-refractivity contribution in [3.8, 4) is 5.75 Å². The van der Waals surface area contributed by atoms with Crippen molar-refractivity contribution in [1.29, 1.82) is 0 Å². The van der Waals surface area contributed by atoms with E-state index >= 15 is 0 Å². The molecule has 0 unspecified atom stereocenters. The predicted octanol–water partition coefficient (Wildman–Crippen LogP) is 1.79. The average molecular weight is 254 g/mol. The molecule has 0 aliphatic heterocycles.